The van der Waals surface area contributed by atoms with E-state index in [2.05, 4.69) is 4.74 Å². The fourth-order valence-corrected chi connectivity index (χ4v) is 2.71. The Balaban J connectivity index is 3.54. The number of methoxy groups -OCH3 is 1. The Bertz CT molecular complexity index is 544. The lowest BCUT2D eigenvalue weighted by atomic mass is 10.0. The normalized spacial score (nSPS) is 11.3. The van der Waals surface area contributed by atoms with Crippen LogP contribution in [0.25, 0.3) is 0 Å². The summed E-state index contributed by atoms with van der Waals surface area (Å²) < 4.78 is 27.9. The van der Waals surface area contributed by atoms with Gasteiger partial charge in [-0.25, -0.2) is 13.2 Å². The van der Waals surface area contributed by atoms with Crippen molar-refractivity contribution < 1.29 is 17.9 Å². The van der Waals surface area contributed by atoms with Gasteiger partial charge in [-0.15, -0.1) is 0 Å². The van der Waals surface area contributed by atoms with Gasteiger partial charge >= 0.3 is 5.97 Å². The van der Waals surface area contributed by atoms with Crippen molar-refractivity contribution in [3.63, 3.8) is 0 Å². The highest BCUT2D eigenvalue weighted by Gasteiger charge is 2.18. The Kier molecular flexibility index (Phi) is 3.93. The zero-order chi connectivity index (χ0) is 13.2. The summed E-state index contributed by atoms with van der Waals surface area (Å²) in [6.45, 7) is 3.64. The average Bonchev–Trinajstić information content (AvgIpc) is 2.25. The van der Waals surface area contributed by atoms with Crippen molar-refractivity contribution in [2.75, 3.05) is 13.4 Å². The average molecular weight is 256 g/mol. The summed E-state index contributed by atoms with van der Waals surface area (Å²) in [7, 11) is -2.06. The molecule has 0 aromatic heterocycles. The van der Waals surface area contributed by atoms with E-state index in [9.17, 15) is 13.2 Å². The van der Waals surface area contributed by atoms with Crippen LogP contribution in [0.2, 0.25) is 0 Å². The smallest absolute Gasteiger partial charge is 0.338 e. The number of carbonyl (C=O) groups is 1. The van der Waals surface area contributed by atoms with Crippen LogP contribution in [0.3, 0.4) is 0 Å². The van der Waals surface area contributed by atoms with Crippen molar-refractivity contribution in [1.82, 2.24) is 0 Å². The number of ether oxygens (including phenoxy) is 1. The lowest BCUT2D eigenvalue weighted by Gasteiger charge is -2.11. The molecule has 0 amide bonds. The van der Waals surface area contributed by atoms with Crippen LogP contribution < -0.4 is 0 Å². The molecule has 0 atom stereocenters. The van der Waals surface area contributed by atoms with Crippen molar-refractivity contribution in [3.8, 4) is 0 Å². The molecule has 1 aromatic carbocycles. The summed E-state index contributed by atoms with van der Waals surface area (Å²) in [5.41, 5.74) is 1.74. The van der Waals surface area contributed by atoms with Gasteiger partial charge in [0.25, 0.3) is 0 Å². The van der Waals surface area contributed by atoms with Gasteiger partial charge in [0, 0.05) is 6.26 Å². The fourth-order valence-electron chi connectivity index (χ4n) is 1.70. The largest absolute Gasteiger partial charge is 0.465 e. The van der Waals surface area contributed by atoms with Gasteiger partial charge in [0.2, 0.25) is 0 Å². The SMILES string of the molecule is CCc1cc(C)c(C(=O)OC)cc1S(C)(=O)=O. The lowest BCUT2D eigenvalue weighted by molar-refractivity contribution is 0.0599. The van der Waals surface area contributed by atoms with Crippen LogP contribution in [0.4, 0.5) is 0 Å². The molecule has 1 rings (SSSR count). The highest BCUT2D eigenvalue weighted by molar-refractivity contribution is 7.90. The number of benzene rings is 1. The second-order valence-electron chi connectivity index (χ2n) is 3.89. The molecule has 0 spiro atoms. The van der Waals surface area contributed by atoms with Gasteiger partial charge in [-0.1, -0.05) is 13.0 Å². The number of sulfone groups is 1. The molecule has 5 heteroatoms. The first-order valence-electron chi connectivity index (χ1n) is 5.23. The molecule has 4 nitrogen and oxygen atoms in total. The number of hydrogen-bond acceptors (Lipinski definition) is 4. The van der Waals surface area contributed by atoms with Crippen molar-refractivity contribution in [3.05, 3.63) is 28.8 Å². The minimum Gasteiger partial charge on any atom is -0.465 e. The molecule has 0 heterocycles. The molecule has 0 saturated carbocycles. The molecule has 0 saturated heterocycles. The summed E-state index contributed by atoms with van der Waals surface area (Å²) in [6.07, 6.45) is 1.74. The standard InChI is InChI=1S/C12H16O4S/c1-5-9-6-8(2)10(12(13)16-3)7-11(9)17(4,14)15/h6-7H,5H2,1-4H3. The molecule has 0 fully saturated rings. The quantitative estimate of drug-likeness (QED) is 0.773. The van der Waals surface area contributed by atoms with E-state index in [1.54, 1.807) is 13.0 Å². The summed E-state index contributed by atoms with van der Waals surface area (Å²) >= 11 is 0. The van der Waals surface area contributed by atoms with Gasteiger partial charge in [0.1, 0.15) is 0 Å². The summed E-state index contributed by atoms with van der Waals surface area (Å²) in [6, 6.07) is 3.12. The number of carbonyl (C=O) groups excluding carboxylic acids is 1. The lowest BCUT2D eigenvalue weighted by Crippen LogP contribution is -2.09. The number of hydrogen-bond donors (Lipinski definition) is 0. The topological polar surface area (TPSA) is 60.4 Å². The van der Waals surface area contributed by atoms with Gasteiger partial charge in [-0.2, -0.15) is 0 Å². The Morgan fingerprint density at radius 3 is 2.35 bits per heavy atom. The molecule has 0 aliphatic rings. The fraction of sp³-hybridized carbons (Fsp3) is 0.417. The third-order valence-corrected chi connectivity index (χ3v) is 3.77. The van der Waals surface area contributed by atoms with Gasteiger partial charge in [0.15, 0.2) is 9.84 Å². The van der Waals surface area contributed by atoms with Crippen LogP contribution in [0.15, 0.2) is 17.0 Å². The molecule has 0 unspecified atom stereocenters. The summed E-state index contributed by atoms with van der Waals surface area (Å²) in [4.78, 5) is 11.7. The highest BCUT2D eigenvalue weighted by atomic mass is 32.2. The zero-order valence-corrected chi connectivity index (χ0v) is 11.2. The molecular weight excluding hydrogens is 240 g/mol. The van der Waals surface area contributed by atoms with E-state index in [0.717, 1.165) is 17.4 Å². The van der Waals surface area contributed by atoms with E-state index in [0.29, 0.717) is 12.0 Å². The molecule has 17 heavy (non-hydrogen) atoms. The first-order valence-corrected chi connectivity index (χ1v) is 7.12. The maximum Gasteiger partial charge on any atom is 0.338 e. The van der Waals surface area contributed by atoms with Crippen molar-refractivity contribution in [2.45, 2.75) is 25.2 Å². The Hall–Kier alpha value is -1.36. The molecule has 0 aliphatic carbocycles. The molecule has 0 aliphatic heterocycles. The second-order valence-corrected chi connectivity index (χ2v) is 5.88. The van der Waals surface area contributed by atoms with E-state index in [-0.39, 0.29) is 4.90 Å². The van der Waals surface area contributed by atoms with E-state index in [4.69, 9.17) is 0 Å². The maximum absolute atomic E-state index is 11.6. The summed E-state index contributed by atoms with van der Waals surface area (Å²) in [5.74, 6) is -0.518. The van der Waals surface area contributed by atoms with Crippen LogP contribution >= 0.6 is 0 Å². The zero-order valence-electron chi connectivity index (χ0n) is 10.4. The summed E-state index contributed by atoms with van der Waals surface area (Å²) in [5, 5.41) is 0. The molecule has 0 radical (unpaired) electrons. The predicted molar refractivity (Wildman–Crippen MR) is 65.0 cm³/mol. The number of aryl methyl sites for hydroxylation is 2. The van der Waals surface area contributed by atoms with E-state index in [1.807, 2.05) is 6.92 Å². The van der Waals surface area contributed by atoms with E-state index >= 15 is 0 Å². The third-order valence-electron chi connectivity index (χ3n) is 2.59. The highest BCUT2D eigenvalue weighted by Crippen LogP contribution is 2.22. The van der Waals surface area contributed by atoms with Gasteiger partial charge < -0.3 is 4.74 Å². The minimum atomic E-state index is -3.33. The third kappa shape index (κ3) is 2.85. The molecule has 0 N–H and O–H groups in total. The first-order chi connectivity index (χ1) is 7.81. The van der Waals surface area contributed by atoms with Crippen LogP contribution in [-0.4, -0.2) is 27.8 Å². The molecule has 94 valence electrons. The van der Waals surface area contributed by atoms with Gasteiger partial charge in [-0.05, 0) is 30.5 Å². The minimum absolute atomic E-state index is 0.200. The Labute approximate surface area is 102 Å². The molecule has 0 bridgehead atoms. The molecular formula is C12H16O4S. The van der Waals surface area contributed by atoms with Crippen molar-refractivity contribution >= 4 is 15.8 Å². The van der Waals surface area contributed by atoms with Crippen LogP contribution in [-0.2, 0) is 21.0 Å². The van der Waals surface area contributed by atoms with Gasteiger partial charge in [0.05, 0.1) is 17.6 Å². The predicted octanol–water partition coefficient (Wildman–Crippen LogP) is 1.75. The van der Waals surface area contributed by atoms with Crippen LogP contribution in [0.5, 0.6) is 0 Å². The van der Waals surface area contributed by atoms with E-state index < -0.39 is 15.8 Å². The number of rotatable bonds is 3. The maximum atomic E-state index is 11.6. The van der Waals surface area contributed by atoms with E-state index in [1.165, 1.54) is 13.2 Å². The number of esters is 1. The Morgan fingerprint density at radius 2 is 1.94 bits per heavy atom. The molecule has 1 aromatic rings. The Morgan fingerprint density at radius 1 is 1.35 bits per heavy atom. The van der Waals surface area contributed by atoms with Crippen LogP contribution in [0.1, 0.15) is 28.4 Å². The van der Waals surface area contributed by atoms with Gasteiger partial charge in [-0.3, -0.25) is 0 Å². The first kappa shape index (κ1) is 13.7. The monoisotopic (exact) mass is 256 g/mol. The van der Waals surface area contributed by atoms with Crippen molar-refractivity contribution in [1.29, 1.82) is 0 Å². The van der Waals surface area contributed by atoms with Crippen LogP contribution in [0, 0.1) is 6.92 Å². The van der Waals surface area contributed by atoms with Crippen molar-refractivity contribution in [2.24, 2.45) is 0 Å². The second kappa shape index (κ2) is 4.87.